The second-order valence-electron chi connectivity index (χ2n) is 6.60. The number of ketones is 2. The summed E-state index contributed by atoms with van der Waals surface area (Å²) in [6.07, 6.45) is 0.337. The van der Waals surface area contributed by atoms with Crippen LogP contribution in [0.1, 0.15) is 44.7 Å². The van der Waals surface area contributed by atoms with E-state index in [1.165, 1.54) is 6.07 Å². The molecule has 158 valence electrons. The van der Waals surface area contributed by atoms with Crippen molar-refractivity contribution in [2.24, 2.45) is 0 Å². The topological polar surface area (TPSA) is 119 Å². The number of aliphatic hydroxyl groups excluding tert-OH is 1. The number of fused-ring (bicyclic) bond motifs is 2. The number of aliphatic hydroxyl groups is 1. The predicted molar refractivity (Wildman–Crippen MR) is 106 cm³/mol. The van der Waals surface area contributed by atoms with E-state index in [9.17, 15) is 14.4 Å². The van der Waals surface area contributed by atoms with Crippen LogP contribution in [0, 0.1) is 0 Å². The van der Waals surface area contributed by atoms with Crippen molar-refractivity contribution in [1.29, 1.82) is 0 Å². The Kier molecular flexibility index (Phi) is 7.16. The first-order valence-corrected chi connectivity index (χ1v) is 9.54. The Bertz CT molecular complexity index is 950. The summed E-state index contributed by atoms with van der Waals surface area (Å²) in [6.45, 7) is 0.905. The Morgan fingerprint density at radius 2 is 1.33 bits per heavy atom. The van der Waals surface area contributed by atoms with Crippen LogP contribution in [0.2, 0.25) is 0 Å². The molecule has 0 aromatic heterocycles. The molecule has 8 heteroatoms. The third kappa shape index (κ3) is 5.03. The highest BCUT2D eigenvalue weighted by molar-refractivity contribution is 6.28. The van der Waals surface area contributed by atoms with E-state index in [4.69, 9.17) is 24.4 Å². The first kappa shape index (κ1) is 21.5. The van der Waals surface area contributed by atoms with Gasteiger partial charge in [-0.15, -0.1) is 0 Å². The van der Waals surface area contributed by atoms with Crippen LogP contribution < -0.4 is 9.47 Å². The van der Waals surface area contributed by atoms with Gasteiger partial charge in [0.15, 0.2) is 11.6 Å². The van der Waals surface area contributed by atoms with Crippen LogP contribution in [-0.2, 0) is 9.53 Å². The Hall–Kier alpha value is -3.23. The number of rotatable bonds is 11. The van der Waals surface area contributed by atoms with Crippen molar-refractivity contribution in [1.82, 2.24) is 0 Å². The number of carboxylic acid groups (broad SMARTS) is 1. The summed E-state index contributed by atoms with van der Waals surface area (Å²) in [5, 5.41) is 17.3. The molecule has 1 aliphatic rings. The van der Waals surface area contributed by atoms with E-state index in [-0.39, 0.29) is 61.1 Å². The zero-order valence-corrected chi connectivity index (χ0v) is 16.3. The largest absolute Gasteiger partial charge is 0.494 e. The van der Waals surface area contributed by atoms with Crippen molar-refractivity contribution in [2.75, 3.05) is 33.0 Å². The molecule has 0 heterocycles. The molecule has 1 aliphatic carbocycles. The second kappa shape index (κ2) is 10.00. The van der Waals surface area contributed by atoms with Crippen LogP contribution in [0.25, 0.3) is 0 Å². The summed E-state index contributed by atoms with van der Waals surface area (Å²) < 4.78 is 16.2. The summed E-state index contributed by atoms with van der Waals surface area (Å²) >= 11 is 0. The first-order valence-electron chi connectivity index (χ1n) is 9.54. The van der Waals surface area contributed by atoms with Gasteiger partial charge in [-0.05, 0) is 42.8 Å². The number of aliphatic carboxylic acids is 1. The standard InChI is InChI=1S/C22H22O8/c23-7-9-28-10-11-30-15-4-6-17-19(13-15)22(27)16-5-3-14(12-18(16)21(17)26)29-8-1-2-20(24)25/h3-6,12-13,23H,1-2,7-11H2,(H,24,25). The highest BCUT2D eigenvalue weighted by Gasteiger charge is 2.30. The first-order chi connectivity index (χ1) is 14.5. The lowest BCUT2D eigenvalue weighted by Crippen LogP contribution is -2.21. The molecular formula is C22H22O8. The van der Waals surface area contributed by atoms with Crippen molar-refractivity contribution in [2.45, 2.75) is 12.8 Å². The van der Waals surface area contributed by atoms with E-state index in [1.54, 1.807) is 30.3 Å². The van der Waals surface area contributed by atoms with Crippen LogP contribution in [0.3, 0.4) is 0 Å². The van der Waals surface area contributed by atoms with Gasteiger partial charge in [0, 0.05) is 28.7 Å². The van der Waals surface area contributed by atoms with Crippen LogP contribution in [0.5, 0.6) is 11.5 Å². The van der Waals surface area contributed by atoms with Gasteiger partial charge in [0.2, 0.25) is 0 Å². The van der Waals surface area contributed by atoms with Crippen molar-refractivity contribution in [3.8, 4) is 11.5 Å². The fourth-order valence-electron chi connectivity index (χ4n) is 3.09. The van der Waals surface area contributed by atoms with Crippen molar-refractivity contribution in [3.05, 3.63) is 58.7 Å². The summed E-state index contributed by atoms with van der Waals surface area (Å²) in [4.78, 5) is 36.4. The van der Waals surface area contributed by atoms with Crippen LogP contribution >= 0.6 is 0 Å². The van der Waals surface area contributed by atoms with Gasteiger partial charge in [0.25, 0.3) is 0 Å². The molecule has 3 rings (SSSR count). The maximum Gasteiger partial charge on any atom is 0.303 e. The Labute approximate surface area is 173 Å². The highest BCUT2D eigenvalue weighted by atomic mass is 16.5. The van der Waals surface area contributed by atoms with Gasteiger partial charge >= 0.3 is 5.97 Å². The fourth-order valence-corrected chi connectivity index (χ4v) is 3.09. The van der Waals surface area contributed by atoms with E-state index >= 15 is 0 Å². The molecular weight excluding hydrogens is 392 g/mol. The minimum atomic E-state index is -0.901. The second-order valence-corrected chi connectivity index (χ2v) is 6.60. The molecule has 0 saturated heterocycles. The van der Waals surface area contributed by atoms with E-state index in [1.807, 2.05) is 0 Å². The number of hydrogen-bond donors (Lipinski definition) is 2. The third-order valence-corrected chi connectivity index (χ3v) is 4.50. The predicted octanol–water partition coefficient (Wildman–Crippen LogP) is 2.09. The van der Waals surface area contributed by atoms with E-state index in [2.05, 4.69) is 0 Å². The number of carbonyl (C=O) groups is 3. The van der Waals surface area contributed by atoms with Gasteiger partial charge in [-0.3, -0.25) is 14.4 Å². The molecule has 0 bridgehead atoms. The van der Waals surface area contributed by atoms with Crippen molar-refractivity contribution in [3.63, 3.8) is 0 Å². The number of ether oxygens (including phenoxy) is 3. The van der Waals surface area contributed by atoms with Crippen LogP contribution in [0.4, 0.5) is 0 Å². The molecule has 8 nitrogen and oxygen atoms in total. The average molecular weight is 414 g/mol. The number of benzene rings is 2. The quantitative estimate of drug-likeness (QED) is 0.458. The lowest BCUT2D eigenvalue weighted by Gasteiger charge is -2.19. The molecule has 0 radical (unpaired) electrons. The Balaban J connectivity index is 1.71. The molecule has 30 heavy (non-hydrogen) atoms. The summed E-state index contributed by atoms with van der Waals surface area (Å²) in [5.41, 5.74) is 1.11. The van der Waals surface area contributed by atoms with Gasteiger partial charge < -0.3 is 24.4 Å². The van der Waals surface area contributed by atoms with E-state index in [0.29, 0.717) is 30.1 Å². The smallest absolute Gasteiger partial charge is 0.303 e. The molecule has 2 N–H and O–H groups in total. The maximum absolute atomic E-state index is 12.9. The molecule has 0 spiro atoms. The normalized spacial score (nSPS) is 12.3. The number of carboxylic acids is 1. The highest BCUT2D eigenvalue weighted by Crippen LogP contribution is 2.32. The molecule has 0 unspecified atom stereocenters. The molecule has 0 saturated carbocycles. The number of hydrogen-bond acceptors (Lipinski definition) is 7. The summed E-state index contributed by atoms with van der Waals surface area (Å²) in [6, 6.07) is 9.37. The minimum Gasteiger partial charge on any atom is -0.494 e. The molecule has 0 aliphatic heterocycles. The molecule has 0 fully saturated rings. The molecule has 0 atom stereocenters. The van der Waals surface area contributed by atoms with Crippen LogP contribution in [0.15, 0.2) is 36.4 Å². The van der Waals surface area contributed by atoms with E-state index < -0.39 is 5.97 Å². The molecule has 2 aromatic rings. The lowest BCUT2D eigenvalue weighted by atomic mass is 9.84. The Morgan fingerprint density at radius 3 is 1.87 bits per heavy atom. The maximum atomic E-state index is 12.9. The molecule has 2 aromatic carbocycles. The van der Waals surface area contributed by atoms with Crippen molar-refractivity contribution >= 4 is 17.5 Å². The fraction of sp³-hybridized carbons (Fsp3) is 0.318. The van der Waals surface area contributed by atoms with Crippen molar-refractivity contribution < 1.29 is 38.8 Å². The van der Waals surface area contributed by atoms with Gasteiger partial charge in [0.1, 0.15) is 18.1 Å². The minimum absolute atomic E-state index is 0.00625. The Morgan fingerprint density at radius 1 is 0.767 bits per heavy atom. The monoisotopic (exact) mass is 414 g/mol. The van der Waals surface area contributed by atoms with Crippen LogP contribution in [-0.4, -0.2) is 60.8 Å². The third-order valence-electron chi connectivity index (χ3n) is 4.50. The summed E-state index contributed by atoms with van der Waals surface area (Å²) in [5.74, 6) is -0.606. The van der Waals surface area contributed by atoms with Gasteiger partial charge in [-0.1, -0.05) is 0 Å². The zero-order chi connectivity index (χ0) is 21.5. The zero-order valence-electron chi connectivity index (χ0n) is 16.3. The molecule has 0 amide bonds. The number of carbonyl (C=O) groups excluding carboxylic acids is 2. The van der Waals surface area contributed by atoms with E-state index in [0.717, 1.165) is 0 Å². The van der Waals surface area contributed by atoms with Gasteiger partial charge in [0.05, 0.1) is 26.4 Å². The van der Waals surface area contributed by atoms with Gasteiger partial charge in [-0.2, -0.15) is 0 Å². The van der Waals surface area contributed by atoms with Gasteiger partial charge in [-0.25, -0.2) is 0 Å². The summed E-state index contributed by atoms with van der Waals surface area (Å²) in [7, 11) is 0. The average Bonchev–Trinajstić information content (AvgIpc) is 2.74. The SMILES string of the molecule is O=C(O)CCCOc1ccc2c(c1)C(=O)c1ccc(OCCOCCO)cc1C2=O. The lowest BCUT2D eigenvalue weighted by molar-refractivity contribution is -0.137.